The van der Waals surface area contributed by atoms with Crippen LogP contribution >= 0.6 is 0 Å². The topological polar surface area (TPSA) is 161 Å². The van der Waals surface area contributed by atoms with Crippen molar-refractivity contribution in [1.82, 2.24) is 15.5 Å². The molecule has 46 heavy (non-hydrogen) atoms. The fraction of sp³-hybridized carbons (Fsp3) is 0.500. The third-order valence-corrected chi connectivity index (χ3v) is 9.57. The second-order valence-corrected chi connectivity index (χ2v) is 14.1. The van der Waals surface area contributed by atoms with E-state index in [0.717, 1.165) is 18.1 Å². The number of amides is 3. The van der Waals surface area contributed by atoms with Crippen molar-refractivity contribution in [2.24, 2.45) is 0 Å². The van der Waals surface area contributed by atoms with Gasteiger partial charge in [0.1, 0.15) is 11.6 Å². The molecular weight excluding hydrogens is 616 g/mol. The standard InChI is InChI=1S/C32H42N4O9S/c1-22(24-11-7-6-8-12-24)43-19-26(33-29(39)31(3,4)34-30(40)45-21-44-23(2)37)28(38)35-17-15-32(16-18-35)20-36(46(5,41)42)27-14-10-9-13-25(27)32/h6-14,22,26H,15-21H2,1-5H3,(H,33,39)(H,34,40)/t22?,26-/m1/s1. The summed E-state index contributed by atoms with van der Waals surface area (Å²) in [6.45, 7) is 6.13. The average molecular weight is 659 g/mol. The molecule has 1 spiro atoms. The van der Waals surface area contributed by atoms with Crippen LogP contribution in [0.15, 0.2) is 54.6 Å². The van der Waals surface area contributed by atoms with Crippen LogP contribution in [-0.2, 0) is 44.0 Å². The van der Waals surface area contributed by atoms with Gasteiger partial charge >= 0.3 is 12.1 Å². The van der Waals surface area contributed by atoms with Gasteiger partial charge in [0.15, 0.2) is 0 Å². The predicted molar refractivity (Wildman–Crippen MR) is 169 cm³/mol. The number of rotatable bonds is 11. The van der Waals surface area contributed by atoms with Gasteiger partial charge in [-0.15, -0.1) is 0 Å². The summed E-state index contributed by atoms with van der Waals surface area (Å²) < 4.78 is 42.1. The first-order valence-corrected chi connectivity index (χ1v) is 16.9. The van der Waals surface area contributed by atoms with Crippen LogP contribution in [0, 0.1) is 0 Å². The average Bonchev–Trinajstić information content (AvgIpc) is 3.33. The van der Waals surface area contributed by atoms with E-state index in [4.69, 9.17) is 9.47 Å². The van der Waals surface area contributed by atoms with E-state index in [9.17, 15) is 27.6 Å². The number of esters is 1. The number of nitrogens with one attached hydrogen (secondary N) is 2. The zero-order valence-electron chi connectivity index (χ0n) is 26.8. The van der Waals surface area contributed by atoms with Gasteiger partial charge in [-0.2, -0.15) is 0 Å². The second kappa shape index (κ2) is 14.1. The lowest BCUT2D eigenvalue weighted by Gasteiger charge is -2.41. The lowest BCUT2D eigenvalue weighted by Crippen LogP contribution is -2.61. The maximum Gasteiger partial charge on any atom is 0.410 e. The summed E-state index contributed by atoms with van der Waals surface area (Å²) in [6.07, 6.45) is 0.897. The summed E-state index contributed by atoms with van der Waals surface area (Å²) in [5.41, 5.74) is 0.565. The second-order valence-electron chi connectivity index (χ2n) is 12.2. The molecule has 0 bridgehead atoms. The fourth-order valence-corrected chi connectivity index (χ4v) is 6.77. The number of benzene rings is 2. The van der Waals surface area contributed by atoms with Crippen molar-refractivity contribution in [3.63, 3.8) is 0 Å². The Labute approximate surface area is 269 Å². The van der Waals surface area contributed by atoms with Crippen LogP contribution < -0.4 is 14.9 Å². The van der Waals surface area contributed by atoms with Crippen LogP contribution in [0.2, 0.25) is 0 Å². The molecule has 2 aromatic carbocycles. The molecule has 0 aliphatic carbocycles. The zero-order valence-corrected chi connectivity index (χ0v) is 27.6. The summed E-state index contributed by atoms with van der Waals surface area (Å²) in [5.74, 6) is -1.65. The number of sulfonamides is 1. The number of fused-ring (bicyclic) bond motifs is 2. The van der Waals surface area contributed by atoms with Crippen LogP contribution in [0.5, 0.6) is 0 Å². The van der Waals surface area contributed by atoms with Gasteiger partial charge in [0, 0.05) is 32.0 Å². The normalized spacial score (nSPS) is 17.1. The number of hydrogen-bond donors (Lipinski definition) is 2. The number of likely N-dealkylation sites (tertiary alicyclic amines) is 1. The highest BCUT2D eigenvalue weighted by atomic mass is 32.2. The number of hydrogen-bond acceptors (Lipinski definition) is 9. The Bertz CT molecular complexity index is 1540. The van der Waals surface area contributed by atoms with Gasteiger partial charge in [0.25, 0.3) is 0 Å². The van der Waals surface area contributed by atoms with Crippen molar-refractivity contribution in [2.75, 3.05) is 43.6 Å². The molecule has 1 fully saturated rings. The Hall–Kier alpha value is -4.17. The minimum Gasteiger partial charge on any atom is -0.428 e. The van der Waals surface area contributed by atoms with Crippen molar-refractivity contribution in [3.05, 3.63) is 65.7 Å². The number of nitrogens with zero attached hydrogens (tertiary/aromatic N) is 2. The number of carbonyl (C=O) groups is 4. The molecule has 2 aromatic rings. The first-order chi connectivity index (χ1) is 21.6. The number of carbonyl (C=O) groups excluding carboxylic acids is 4. The maximum absolute atomic E-state index is 14.0. The van der Waals surface area contributed by atoms with E-state index >= 15 is 0 Å². The lowest BCUT2D eigenvalue weighted by molar-refractivity contribution is -0.149. The van der Waals surface area contributed by atoms with Crippen molar-refractivity contribution in [2.45, 2.75) is 63.6 Å². The first-order valence-electron chi connectivity index (χ1n) is 15.0. The van der Waals surface area contributed by atoms with E-state index in [-0.39, 0.29) is 18.6 Å². The van der Waals surface area contributed by atoms with E-state index in [0.29, 0.717) is 38.2 Å². The Morgan fingerprint density at radius 3 is 2.24 bits per heavy atom. The van der Waals surface area contributed by atoms with Crippen molar-refractivity contribution >= 4 is 39.6 Å². The van der Waals surface area contributed by atoms with E-state index in [1.807, 2.05) is 55.5 Å². The van der Waals surface area contributed by atoms with Gasteiger partial charge in [-0.1, -0.05) is 48.5 Å². The monoisotopic (exact) mass is 658 g/mol. The van der Waals surface area contributed by atoms with Crippen LogP contribution in [-0.4, -0.2) is 88.1 Å². The fourth-order valence-electron chi connectivity index (χ4n) is 5.77. The quantitative estimate of drug-likeness (QED) is 0.273. The zero-order chi connectivity index (χ0) is 33.7. The van der Waals surface area contributed by atoms with Crippen molar-refractivity contribution in [1.29, 1.82) is 0 Å². The minimum atomic E-state index is -3.49. The highest BCUT2D eigenvalue weighted by Gasteiger charge is 2.48. The third kappa shape index (κ3) is 8.15. The molecule has 0 radical (unpaired) electrons. The molecule has 250 valence electrons. The maximum atomic E-state index is 14.0. The molecule has 0 aromatic heterocycles. The molecule has 2 aliphatic rings. The van der Waals surface area contributed by atoms with Gasteiger partial charge in [0.05, 0.1) is 24.7 Å². The summed E-state index contributed by atoms with van der Waals surface area (Å²) >= 11 is 0. The number of alkyl carbamates (subject to hydrolysis) is 1. The molecule has 14 heteroatoms. The third-order valence-electron chi connectivity index (χ3n) is 8.44. The number of anilines is 1. The summed E-state index contributed by atoms with van der Waals surface area (Å²) in [4.78, 5) is 52.2. The van der Waals surface area contributed by atoms with Gasteiger partial charge in [-0.3, -0.25) is 18.7 Å². The van der Waals surface area contributed by atoms with Gasteiger partial charge in [0.2, 0.25) is 28.6 Å². The molecule has 1 saturated heterocycles. The molecule has 4 rings (SSSR count). The van der Waals surface area contributed by atoms with Crippen LogP contribution in [0.3, 0.4) is 0 Å². The van der Waals surface area contributed by atoms with E-state index in [1.165, 1.54) is 24.4 Å². The Morgan fingerprint density at radius 1 is 0.978 bits per heavy atom. The van der Waals surface area contributed by atoms with Gasteiger partial charge in [-0.05, 0) is 50.8 Å². The smallest absolute Gasteiger partial charge is 0.410 e. The van der Waals surface area contributed by atoms with Gasteiger partial charge < -0.3 is 29.7 Å². The molecule has 2 N–H and O–H groups in total. The molecule has 13 nitrogen and oxygen atoms in total. The van der Waals surface area contributed by atoms with E-state index in [1.54, 1.807) is 11.0 Å². The van der Waals surface area contributed by atoms with Crippen LogP contribution in [0.4, 0.5) is 10.5 Å². The largest absolute Gasteiger partial charge is 0.428 e. The predicted octanol–water partition coefficient (Wildman–Crippen LogP) is 2.61. The lowest BCUT2D eigenvalue weighted by atomic mass is 9.74. The Balaban J connectivity index is 1.47. The van der Waals surface area contributed by atoms with E-state index in [2.05, 4.69) is 15.4 Å². The molecular formula is C32H42N4O9S. The number of para-hydroxylation sites is 1. The summed E-state index contributed by atoms with van der Waals surface area (Å²) in [7, 11) is -3.49. The summed E-state index contributed by atoms with van der Waals surface area (Å²) in [5, 5.41) is 5.17. The Morgan fingerprint density at radius 2 is 1.61 bits per heavy atom. The molecule has 2 aliphatic heterocycles. The van der Waals surface area contributed by atoms with Gasteiger partial charge in [-0.25, -0.2) is 13.2 Å². The number of ether oxygens (including phenoxy) is 3. The molecule has 2 atom stereocenters. The van der Waals surface area contributed by atoms with Crippen molar-refractivity contribution < 1.29 is 41.8 Å². The Kier molecular flexibility index (Phi) is 10.6. The highest BCUT2D eigenvalue weighted by Crippen LogP contribution is 2.47. The van der Waals surface area contributed by atoms with Crippen LogP contribution in [0.25, 0.3) is 0 Å². The molecule has 0 saturated carbocycles. The summed E-state index contributed by atoms with van der Waals surface area (Å²) in [6, 6.07) is 15.8. The van der Waals surface area contributed by atoms with Crippen molar-refractivity contribution in [3.8, 4) is 0 Å². The molecule has 2 heterocycles. The number of piperidine rings is 1. The highest BCUT2D eigenvalue weighted by molar-refractivity contribution is 7.92. The minimum absolute atomic E-state index is 0.139. The SMILES string of the molecule is CC(=O)OCOC(=O)NC(C)(C)C(=O)N[C@H](COC(C)c1ccccc1)C(=O)N1CCC2(CC1)CN(S(C)(=O)=O)c1ccccc12. The van der Waals surface area contributed by atoms with Crippen LogP contribution in [0.1, 0.15) is 57.8 Å². The first kappa shape index (κ1) is 34.7. The molecule has 1 unspecified atom stereocenters. The van der Waals surface area contributed by atoms with E-state index < -0.39 is 51.8 Å². The molecule has 3 amide bonds.